The number of ether oxygens (including phenoxy) is 2. The van der Waals surface area contributed by atoms with E-state index in [0.29, 0.717) is 67.2 Å². The summed E-state index contributed by atoms with van der Waals surface area (Å²) in [5, 5.41) is 19.8. The number of benzene rings is 2. The highest BCUT2D eigenvalue weighted by atomic mass is 16.5. The molecule has 0 aliphatic carbocycles. The van der Waals surface area contributed by atoms with Gasteiger partial charge in [-0.05, 0) is 49.9 Å². The Hall–Kier alpha value is -3.89. The van der Waals surface area contributed by atoms with E-state index in [1.165, 1.54) is 6.20 Å². The first-order valence-electron chi connectivity index (χ1n) is 12.9. The molecule has 2 heterocycles. The second-order valence-electron chi connectivity index (χ2n) is 9.08. The molecule has 2 aromatic carbocycles. The fourth-order valence-electron chi connectivity index (χ4n) is 4.75. The SMILES string of the molecule is CCOc1cc2ncc(C(N)=O)c(Nc3cccc(CNC(=O)[C@@H]4C[C@@H](O)CN4)c3CC)c2cc1OCC. The van der Waals surface area contributed by atoms with Crippen molar-refractivity contribution in [3.63, 3.8) is 0 Å². The molecule has 3 aromatic rings. The van der Waals surface area contributed by atoms with Gasteiger partial charge in [-0.1, -0.05) is 19.1 Å². The summed E-state index contributed by atoms with van der Waals surface area (Å²) in [5.41, 5.74) is 9.85. The van der Waals surface area contributed by atoms with E-state index < -0.39 is 18.1 Å². The number of rotatable bonds is 11. The van der Waals surface area contributed by atoms with Gasteiger partial charge >= 0.3 is 0 Å². The Morgan fingerprint density at radius 2 is 1.89 bits per heavy atom. The number of pyridine rings is 1. The first kappa shape index (κ1) is 27.2. The van der Waals surface area contributed by atoms with Crippen LogP contribution in [0.5, 0.6) is 11.5 Å². The quantitative estimate of drug-likeness (QED) is 0.259. The highest BCUT2D eigenvalue weighted by Gasteiger charge is 2.28. The van der Waals surface area contributed by atoms with Crippen LogP contribution < -0.4 is 31.2 Å². The minimum atomic E-state index is -0.610. The molecule has 0 unspecified atom stereocenters. The highest BCUT2D eigenvalue weighted by Crippen LogP contribution is 2.38. The van der Waals surface area contributed by atoms with Crippen molar-refractivity contribution in [3.05, 3.63) is 53.2 Å². The zero-order valence-electron chi connectivity index (χ0n) is 22.0. The number of anilines is 2. The number of fused-ring (bicyclic) bond motifs is 1. The molecule has 1 aromatic heterocycles. The van der Waals surface area contributed by atoms with Crippen LogP contribution in [0.15, 0.2) is 36.5 Å². The van der Waals surface area contributed by atoms with E-state index in [0.717, 1.165) is 16.8 Å². The molecule has 1 aliphatic rings. The highest BCUT2D eigenvalue weighted by molar-refractivity contribution is 6.08. The second-order valence-corrected chi connectivity index (χ2v) is 9.08. The van der Waals surface area contributed by atoms with Crippen LogP contribution in [-0.4, -0.2) is 53.8 Å². The van der Waals surface area contributed by atoms with Crippen molar-refractivity contribution in [2.24, 2.45) is 5.73 Å². The molecule has 38 heavy (non-hydrogen) atoms. The van der Waals surface area contributed by atoms with Gasteiger partial charge in [0.15, 0.2) is 11.5 Å². The summed E-state index contributed by atoms with van der Waals surface area (Å²) in [6, 6.07) is 8.98. The molecule has 202 valence electrons. The van der Waals surface area contributed by atoms with Crippen LogP contribution in [0.1, 0.15) is 48.7 Å². The number of hydrogen-bond acceptors (Lipinski definition) is 8. The molecule has 0 bridgehead atoms. The molecular formula is C28H35N5O5. The van der Waals surface area contributed by atoms with Crippen LogP contribution in [0.4, 0.5) is 11.4 Å². The van der Waals surface area contributed by atoms with Gasteiger partial charge in [0.1, 0.15) is 0 Å². The van der Waals surface area contributed by atoms with Gasteiger partial charge in [0, 0.05) is 36.4 Å². The molecule has 0 saturated carbocycles. The predicted octanol–water partition coefficient (Wildman–Crippen LogP) is 2.78. The summed E-state index contributed by atoms with van der Waals surface area (Å²) >= 11 is 0. The van der Waals surface area contributed by atoms with Crippen LogP contribution >= 0.6 is 0 Å². The van der Waals surface area contributed by atoms with Crippen molar-refractivity contribution < 1.29 is 24.2 Å². The standard InChI is InChI=1S/C28H35N5O5/c1-4-18-16(13-32-28(36)23-10-17(34)14-30-23)8-7-9-21(18)33-26-19-11-24(37-5-2)25(38-6-3)12-22(19)31-15-20(26)27(29)35/h7-9,11-12,15,17,23,30,34H,4-6,10,13-14H2,1-3H3,(H2,29,35)(H,31,33)(H,32,36)/t17-,23+/m1/s1. The number of amides is 2. The second kappa shape index (κ2) is 12.1. The van der Waals surface area contributed by atoms with Gasteiger partial charge in [-0.25, -0.2) is 0 Å². The van der Waals surface area contributed by atoms with Crippen molar-refractivity contribution in [3.8, 4) is 11.5 Å². The number of nitrogens with one attached hydrogen (secondary N) is 3. The Labute approximate surface area is 221 Å². The molecule has 1 fully saturated rings. The minimum Gasteiger partial charge on any atom is -0.490 e. The maximum absolute atomic E-state index is 12.6. The smallest absolute Gasteiger partial charge is 0.252 e. The number of β-amino-alcohol motifs (C(OH)–C–C–N with tert-alkyl or cyclic N) is 1. The van der Waals surface area contributed by atoms with Crippen molar-refractivity contribution in [2.45, 2.75) is 52.3 Å². The number of nitrogens with zero attached hydrogens (tertiary/aromatic N) is 1. The Bertz CT molecular complexity index is 1330. The first-order valence-corrected chi connectivity index (χ1v) is 12.9. The molecule has 0 spiro atoms. The zero-order valence-corrected chi connectivity index (χ0v) is 22.0. The number of hydrogen-bond donors (Lipinski definition) is 5. The van der Waals surface area contributed by atoms with Gasteiger partial charge in [-0.2, -0.15) is 0 Å². The number of aliphatic hydroxyl groups is 1. The van der Waals surface area contributed by atoms with Gasteiger partial charge in [-0.3, -0.25) is 14.6 Å². The van der Waals surface area contributed by atoms with E-state index in [1.807, 2.05) is 45.0 Å². The molecule has 1 saturated heterocycles. The molecule has 2 atom stereocenters. The van der Waals surface area contributed by atoms with E-state index in [-0.39, 0.29) is 11.5 Å². The number of carbonyl (C=O) groups excluding carboxylic acids is 2. The molecule has 2 amide bonds. The summed E-state index contributed by atoms with van der Waals surface area (Å²) in [6.45, 7) is 7.47. The average Bonchev–Trinajstić information content (AvgIpc) is 3.34. The number of aliphatic hydroxyl groups excluding tert-OH is 1. The maximum Gasteiger partial charge on any atom is 0.252 e. The maximum atomic E-state index is 12.6. The zero-order chi connectivity index (χ0) is 27.2. The van der Waals surface area contributed by atoms with Crippen LogP contribution in [0.25, 0.3) is 10.9 Å². The number of nitrogens with two attached hydrogens (primary N) is 1. The number of primary amides is 1. The van der Waals surface area contributed by atoms with E-state index in [4.69, 9.17) is 15.2 Å². The summed E-state index contributed by atoms with van der Waals surface area (Å²) in [6.07, 6.45) is 2.03. The van der Waals surface area contributed by atoms with E-state index >= 15 is 0 Å². The minimum absolute atomic E-state index is 0.147. The number of carbonyl (C=O) groups is 2. The van der Waals surface area contributed by atoms with Gasteiger partial charge in [-0.15, -0.1) is 0 Å². The molecule has 6 N–H and O–H groups in total. The Balaban J connectivity index is 1.70. The fourth-order valence-corrected chi connectivity index (χ4v) is 4.75. The topological polar surface area (TPSA) is 148 Å². The van der Waals surface area contributed by atoms with Gasteiger partial charge in [0.05, 0.1) is 42.1 Å². The summed E-state index contributed by atoms with van der Waals surface area (Å²) in [4.78, 5) is 29.4. The van der Waals surface area contributed by atoms with Gasteiger partial charge in [0.2, 0.25) is 5.91 Å². The molecule has 10 heteroatoms. The van der Waals surface area contributed by atoms with Gasteiger partial charge in [0.25, 0.3) is 5.91 Å². The predicted molar refractivity (Wildman–Crippen MR) is 146 cm³/mol. The summed E-state index contributed by atoms with van der Waals surface area (Å²) in [5.74, 6) is 0.364. The monoisotopic (exact) mass is 521 g/mol. The van der Waals surface area contributed by atoms with Crippen LogP contribution in [0, 0.1) is 0 Å². The van der Waals surface area contributed by atoms with Crippen molar-refractivity contribution in [2.75, 3.05) is 25.1 Å². The molecule has 1 aliphatic heterocycles. The number of aromatic nitrogens is 1. The third-order valence-corrected chi connectivity index (χ3v) is 6.56. The lowest BCUT2D eigenvalue weighted by molar-refractivity contribution is -0.123. The van der Waals surface area contributed by atoms with Gasteiger partial charge < -0.3 is 36.3 Å². The van der Waals surface area contributed by atoms with E-state index in [1.54, 1.807) is 6.07 Å². The largest absolute Gasteiger partial charge is 0.490 e. The van der Waals surface area contributed by atoms with Crippen LogP contribution in [0.2, 0.25) is 0 Å². The molecule has 0 radical (unpaired) electrons. The van der Waals surface area contributed by atoms with Crippen molar-refractivity contribution in [1.29, 1.82) is 0 Å². The molecular weight excluding hydrogens is 486 g/mol. The summed E-state index contributed by atoms with van der Waals surface area (Å²) in [7, 11) is 0. The lowest BCUT2D eigenvalue weighted by Crippen LogP contribution is -2.40. The Morgan fingerprint density at radius 3 is 2.53 bits per heavy atom. The normalized spacial score (nSPS) is 16.8. The Morgan fingerprint density at radius 1 is 1.16 bits per heavy atom. The van der Waals surface area contributed by atoms with Crippen LogP contribution in [-0.2, 0) is 17.8 Å². The lowest BCUT2D eigenvalue weighted by Gasteiger charge is -2.20. The average molecular weight is 522 g/mol. The third-order valence-electron chi connectivity index (χ3n) is 6.56. The van der Waals surface area contributed by atoms with E-state index in [2.05, 4.69) is 20.9 Å². The van der Waals surface area contributed by atoms with Crippen LogP contribution in [0.3, 0.4) is 0 Å². The van der Waals surface area contributed by atoms with Crippen molar-refractivity contribution in [1.82, 2.24) is 15.6 Å². The molecule has 10 nitrogen and oxygen atoms in total. The third kappa shape index (κ3) is 5.81. The van der Waals surface area contributed by atoms with Crippen molar-refractivity contribution >= 4 is 34.1 Å². The van der Waals surface area contributed by atoms with E-state index in [9.17, 15) is 14.7 Å². The summed E-state index contributed by atoms with van der Waals surface area (Å²) < 4.78 is 11.6. The lowest BCUT2D eigenvalue weighted by atomic mass is 10.0. The Kier molecular flexibility index (Phi) is 8.65. The first-order chi connectivity index (χ1) is 18.4. The molecule has 4 rings (SSSR count). The fraction of sp³-hybridized carbons (Fsp3) is 0.393.